The second-order valence-electron chi connectivity index (χ2n) is 8.36. The van der Waals surface area contributed by atoms with Crippen molar-refractivity contribution in [3.8, 4) is 0 Å². The molecular formula is C27H24ClN3O3S. The molecule has 3 amide bonds. The molecule has 4 rings (SSSR count). The number of nitrogens with zero attached hydrogens (tertiary/aromatic N) is 1. The van der Waals surface area contributed by atoms with E-state index in [4.69, 9.17) is 11.6 Å². The van der Waals surface area contributed by atoms with Gasteiger partial charge >= 0.3 is 0 Å². The van der Waals surface area contributed by atoms with E-state index in [-0.39, 0.29) is 29.5 Å². The number of hydrogen-bond donors (Lipinski definition) is 2. The molecule has 0 unspecified atom stereocenters. The quantitative estimate of drug-likeness (QED) is 0.380. The fraction of sp³-hybridized carbons (Fsp3) is 0.148. The number of benzene rings is 3. The number of aryl methyl sites for hydroxylation is 1. The number of nitrogens with one attached hydrogen (secondary N) is 2. The molecule has 0 saturated carbocycles. The Morgan fingerprint density at radius 1 is 0.914 bits per heavy atom. The minimum atomic E-state index is -0.349. The maximum absolute atomic E-state index is 13.1. The third kappa shape index (κ3) is 5.58. The molecule has 35 heavy (non-hydrogen) atoms. The molecule has 1 aliphatic heterocycles. The SMILES string of the molecule is Cc1ccc(NC2=C(Sc3ccc(NC(=O)c4cccc(Cl)c4)cc3)C(=O)N(C(C)C)C2=O)cc1. The third-order valence-electron chi connectivity index (χ3n) is 5.33. The number of halogens is 1. The molecule has 0 spiro atoms. The fourth-order valence-electron chi connectivity index (χ4n) is 3.54. The van der Waals surface area contributed by atoms with Gasteiger partial charge in [0.2, 0.25) is 0 Å². The molecule has 0 radical (unpaired) electrons. The van der Waals surface area contributed by atoms with Crippen LogP contribution in [0.25, 0.3) is 0 Å². The van der Waals surface area contributed by atoms with Gasteiger partial charge in [0, 0.05) is 32.9 Å². The van der Waals surface area contributed by atoms with Crippen LogP contribution in [0.3, 0.4) is 0 Å². The summed E-state index contributed by atoms with van der Waals surface area (Å²) in [4.78, 5) is 41.0. The minimum absolute atomic E-state index is 0.260. The second-order valence-corrected chi connectivity index (χ2v) is 9.88. The number of imide groups is 1. The average Bonchev–Trinajstić information content (AvgIpc) is 3.05. The van der Waals surface area contributed by atoms with Crippen molar-refractivity contribution in [2.24, 2.45) is 0 Å². The van der Waals surface area contributed by atoms with Crippen molar-refractivity contribution in [2.45, 2.75) is 31.7 Å². The van der Waals surface area contributed by atoms with Gasteiger partial charge in [-0.05, 0) is 75.4 Å². The smallest absolute Gasteiger partial charge is 0.278 e. The summed E-state index contributed by atoms with van der Waals surface area (Å²) in [6.07, 6.45) is 0. The van der Waals surface area contributed by atoms with Crippen molar-refractivity contribution in [3.63, 3.8) is 0 Å². The Labute approximate surface area is 213 Å². The Hall–Kier alpha value is -3.55. The van der Waals surface area contributed by atoms with Crippen molar-refractivity contribution in [1.82, 2.24) is 4.90 Å². The van der Waals surface area contributed by atoms with Gasteiger partial charge in [0.15, 0.2) is 0 Å². The van der Waals surface area contributed by atoms with Crippen LogP contribution in [0, 0.1) is 6.92 Å². The lowest BCUT2D eigenvalue weighted by atomic mass is 10.2. The van der Waals surface area contributed by atoms with E-state index in [1.165, 1.54) is 16.7 Å². The van der Waals surface area contributed by atoms with E-state index in [1.54, 1.807) is 48.5 Å². The number of thioether (sulfide) groups is 1. The molecule has 0 atom stereocenters. The van der Waals surface area contributed by atoms with Crippen LogP contribution in [0.4, 0.5) is 11.4 Å². The Bertz CT molecular complexity index is 1320. The van der Waals surface area contributed by atoms with Crippen molar-refractivity contribution in [1.29, 1.82) is 0 Å². The van der Waals surface area contributed by atoms with Crippen molar-refractivity contribution in [3.05, 3.63) is 99.5 Å². The lowest BCUT2D eigenvalue weighted by Gasteiger charge is -2.19. The van der Waals surface area contributed by atoms with E-state index in [1.807, 2.05) is 45.0 Å². The van der Waals surface area contributed by atoms with Crippen LogP contribution in [0.15, 0.2) is 88.3 Å². The van der Waals surface area contributed by atoms with E-state index in [9.17, 15) is 14.4 Å². The Morgan fingerprint density at radius 2 is 1.57 bits per heavy atom. The van der Waals surface area contributed by atoms with Gasteiger partial charge in [0.05, 0.1) is 0 Å². The largest absolute Gasteiger partial charge is 0.350 e. The second kappa shape index (κ2) is 10.4. The summed E-state index contributed by atoms with van der Waals surface area (Å²) < 4.78 is 0. The third-order valence-corrected chi connectivity index (χ3v) is 6.65. The Kier molecular flexibility index (Phi) is 7.28. The predicted octanol–water partition coefficient (Wildman–Crippen LogP) is 6.09. The summed E-state index contributed by atoms with van der Waals surface area (Å²) in [5.74, 6) is -0.953. The van der Waals surface area contributed by atoms with E-state index < -0.39 is 0 Å². The number of amides is 3. The van der Waals surface area contributed by atoms with E-state index in [2.05, 4.69) is 10.6 Å². The standard InChI is InChI=1S/C27H24ClN3O3S/c1-16(2)31-26(33)23(29-20-9-7-17(3)8-10-20)24(27(31)34)35-22-13-11-21(12-14-22)30-25(32)18-5-4-6-19(28)15-18/h4-16,29H,1-3H3,(H,30,32). The van der Waals surface area contributed by atoms with Gasteiger partial charge in [0.1, 0.15) is 10.6 Å². The van der Waals surface area contributed by atoms with Crippen molar-refractivity contribution in [2.75, 3.05) is 10.6 Å². The molecule has 178 valence electrons. The molecule has 0 aromatic heterocycles. The number of anilines is 2. The van der Waals surface area contributed by atoms with Gasteiger partial charge in [-0.2, -0.15) is 0 Å². The van der Waals surface area contributed by atoms with Crippen molar-refractivity contribution < 1.29 is 14.4 Å². The molecule has 1 aliphatic rings. The highest BCUT2D eigenvalue weighted by Gasteiger charge is 2.40. The van der Waals surface area contributed by atoms with Gasteiger partial charge in [-0.25, -0.2) is 0 Å². The topological polar surface area (TPSA) is 78.5 Å². The van der Waals surface area contributed by atoms with Gasteiger partial charge in [0.25, 0.3) is 17.7 Å². The maximum Gasteiger partial charge on any atom is 0.278 e. The summed E-state index contributed by atoms with van der Waals surface area (Å²) in [6, 6.07) is 21.1. The van der Waals surface area contributed by atoms with Crippen LogP contribution >= 0.6 is 23.4 Å². The summed E-state index contributed by atoms with van der Waals surface area (Å²) in [5.41, 5.74) is 3.14. The van der Waals surface area contributed by atoms with Crippen LogP contribution < -0.4 is 10.6 Å². The monoisotopic (exact) mass is 505 g/mol. The predicted molar refractivity (Wildman–Crippen MR) is 141 cm³/mol. The summed E-state index contributed by atoms with van der Waals surface area (Å²) in [6.45, 7) is 5.60. The van der Waals surface area contributed by atoms with E-state index in [0.29, 0.717) is 21.2 Å². The first-order valence-corrected chi connectivity index (χ1v) is 12.2. The van der Waals surface area contributed by atoms with E-state index in [0.717, 1.165) is 16.1 Å². The van der Waals surface area contributed by atoms with Gasteiger partial charge in [-0.1, -0.05) is 47.1 Å². The number of carbonyl (C=O) groups excluding carboxylic acids is 3. The normalized spacial score (nSPS) is 13.6. The van der Waals surface area contributed by atoms with Crippen LogP contribution in [0.5, 0.6) is 0 Å². The van der Waals surface area contributed by atoms with Crippen LogP contribution in [0.2, 0.25) is 5.02 Å². The van der Waals surface area contributed by atoms with Crippen LogP contribution in [0.1, 0.15) is 29.8 Å². The summed E-state index contributed by atoms with van der Waals surface area (Å²) >= 11 is 7.18. The molecule has 1 heterocycles. The number of rotatable bonds is 7. The first-order valence-electron chi connectivity index (χ1n) is 11.0. The van der Waals surface area contributed by atoms with Crippen molar-refractivity contribution >= 4 is 52.5 Å². The Morgan fingerprint density at radius 3 is 2.20 bits per heavy atom. The van der Waals surface area contributed by atoms with E-state index >= 15 is 0 Å². The molecule has 6 nitrogen and oxygen atoms in total. The zero-order chi connectivity index (χ0) is 25.1. The van der Waals surface area contributed by atoms with Gasteiger partial charge in [-0.15, -0.1) is 0 Å². The summed E-state index contributed by atoms with van der Waals surface area (Å²) in [7, 11) is 0. The lowest BCUT2D eigenvalue weighted by Crippen LogP contribution is -2.38. The number of carbonyl (C=O) groups is 3. The lowest BCUT2D eigenvalue weighted by molar-refractivity contribution is -0.139. The van der Waals surface area contributed by atoms with Crippen LogP contribution in [-0.2, 0) is 9.59 Å². The summed E-state index contributed by atoms with van der Waals surface area (Å²) in [5, 5.41) is 6.46. The highest BCUT2D eigenvalue weighted by molar-refractivity contribution is 8.04. The number of hydrogen-bond acceptors (Lipinski definition) is 5. The first kappa shape index (κ1) is 24.6. The van der Waals surface area contributed by atoms with Crippen LogP contribution in [-0.4, -0.2) is 28.7 Å². The molecular weight excluding hydrogens is 482 g/mol. The zero-order valence-electron chi connectivity index (χ0n) is 19.5. The fourth-order valence-corrected chi connectivity index (χ4v) is 4.66. The molecule has 3 aromatic rings. The average molecular weight is 506 g/mol. The molecule has 0 bridgehead atoms. The molecule has 0 aliphatic carbocycles. The maximum atomic E-state index is 13.1. The Balaban J connectivity index is 1.55. The van der Waals surface area contributed by atoms with Gasteiger partial charge in [-0.3, -0.25) is 19.3 Å². The zero-order valence-corrected chi connectivity index (χ0v) is 21.0. The molecule has 3 aromatic carbocycles. The minimum Gasteiger partial charge on any atom is -0.350 e. The highest BCUT2D eigenvalue weighted by Crippen LogP contribution is 2.37. The molecule has 2 N–H and O–H groups in total. The van der Waals surface area contributed by atoms with Gasteiger partial charge < -0.3 is 10.6 Å². The molecule has 0 saturated heterocycles. The molecule has 8 heteroatoms. The first-order chi connectivity index (χ1) is 16.7. The molecule has 0 fully saturated rings. The highest BCUT2D eigenvalue weighted by atomic mass is 35.5.